The summed E-state index contributed by atoms with van der Waals surface area (Å²) in [5.41, 5.74) is 0. The molecule has 0 amide bonds. The molecule has 2 aromatic rings. The maximum atomic E-state index is 5.29. The minimum atomic E-state index is 0.352. The fourth-order valence-electron chi connectivity index (χ4n) is 1.88. The van der Waals surface area contributed by atoms with Crippen LogP contribution >= 0.6 is 0 Å². The third-order valence-corrected chi connectivity index (χ3v) is 3.03. The molecule has 0 aliphatic rings. The van der Waals surface area contributed by atoms with Gasteiger partial charge in [0, 0.05) is 24.9 Å². The second kappa shape index (κ2) is 6.47. The maximum absolute atomic E-state index is 5.29. The van der Waals surface area contributed by atoms with Gasteiger partial charge in [0.15, 0.2) is 5.82 Å². The third kappa shape index (κ3) is 3.64. The molecule has 0 spiro atoms. The summed E-state index contributed by atoms with van der Waals surface area (Å²) in [5.74, 6) is 2.31. The number of rotatable bonds is 7. The standard InChI is InChI=1S/C13H21N5O/c1-4-5-14-10(9(2)3)8-11-17-13(18-19-11)12-15-6-7-16-12/h6-7,9-10,14H,4-5,8H2,1-3H3,(H,15,16). The van der Waals surface area contributed by atoms with Crippen LogP contribution < -0.4 is 5.32 Å². The number of H-pyrrole nitrogens is 1. The van der Waals surface area contributed by atoms with E-state index in [1.165, 1.54) is 0 Å². The Labute approximate surface area is 113 Å². The van der Waals surface area contributed by atoms with Crippen LogP contribution in [0.4, 0.5) is 0 Å². The van der Waals surface area contributed by atoms with Crippen molar-refractivity contribution in [3.8, 4) is 11.6 Å². The van der Waals surface area contributed by atoms with Crippen LogP contribution in [0.1, 0.15) is 33.1 Å². The summed E-state index contributed by atoms with van der Waals surface area (Å²) in [4.78, 5) is 11.4. The molecule has 2 heterocycles. The van der Waals surface area contributed by atoms with Crippen LogP contribution in [-0.2, 0) is 6.42 Å². The first-order valence-corrected chi connectivity index (χ1v) is 6.76. The van der Waals surface area contributed by atoms with E-state index in [2.05, 4.69) is 46.2 Å². The Kier molecular flexibility index (Phi) is 4.68. The Hall–Kier alpha value is -1.69. The highest BCUT2D eigenvalue weighted by atomic mass is 16.5. The lowest BCUT2D eigenvalue weighted by Crippen LogP contribution is -2.36. The van der Waals surface area contributed by atoms with Crippen molar-refractivity contribution in [1.29, 1.82) is 0 Å². The molecule has 6 heteroatoms. The summed E-state index contributed by atoms with van der Waals surface area (Å²) >= 11 is 0. The van der Waals surface area contributed by atoms with Crippen LogP contribution in [0, 0.1) is 5.92 Å². The zero-order chi connectivity index (χ0) is 13.7. The number of nitrogens with one attached hydrogen (secondary N) is 2. The van der Waals surface area contributed by atoms with E-state index in [9.17, 15) is 0 Å². The zero-order valence-electron chi connectivity index (χ0n) is 11.7. The summed E-state index contributed by atoms with van der Waals surface area (Å²) in [6, 6.07) is 0.352. The van der Waals surface area contributed by atoms with Crippen LogP contribution in [0.25, 0.3) is 11.6 Å². The number of nitrogens with zero attached hydrogens (tertiary/aromatic N) is 3. The van der Waals surface area contributed by atoms with E-state index >= 15 is 0 Å². The highest BCUT2D eigenvalue weighted by Gasteiger charge is 2.18. The van der Waals surface area contributed by atoms with Crippen LogP contribution in [-0.4, -0.2) is 32.7 Å². The predicted molar refractivity (Wildman–Crippen MR) is 72.5 cm³/mol. The van der Waals surface area contributed by atoms with E-state index in [1.807, 2.05) is 0 Å². The van der Waals surface area contributed by atoms with E-state index in [0.29, 0.717) is 29.5 Å². The molecule has 2 aromatic heterocycles. The molecule has 1 unspecified atom stereocenters. The van der Waals surface area contributed by atoms with Crippen molar-refractivity contribution in [2.45, 2.75) is 39.7 Å². The van der Waals surface area contributed by atoms with Gasteiger partial charge in [0.1, 0.15) is 0 Å². The molecule has 104 valence electrons. The topological polar surface area (TPSA) is 79.6 Å². The van der Waals surface area contributed by atoms with Gasteiger partial charge in [0.05, 0.1) is 0 Å². The molecule has 2 rings (SSSR count). The van der Waals surface area contributed by atoms with Crippen molar-refractivity contribution in [3.05, 3.63) is 18.3 Å². The van der Waals surface area contributed by atoms with E-state index < -0.39 is 0 Å². The molecule has 0 saturated heterocycles. The van der Waals surface area contributed by atoms with E-state index in [0.717, 1.165) is 19.4 Å². The highest BCUT2D eigenvalue weighted by Crippen LogP contribution is 2.13. The summed E-state index contributed by atoms with van der Waals surface area (Å²) < 4.78 is 5.29. The number of imidazole rings is 1. The van der Waals surface area contributed by atoms with E-state index in [4.69, 9.17) is 4.52 Å². The Morgan fingerprint density at radius 2 is 2.26 bits per heavy atom. The molecule has 0 saturated carbocycles. The zero-order valence-corrected chi connectivity index (χ0v) is 11.7. The smallest absolute Gasteiger partial charge is 0.238 e. The molecule has 1 atom stereocenters. The minimum absolute atomic E-state index is 0.352. The number of hydrogen-bond donors (Lipinski definition) is 2. The molecule has 0 bridgehead atoms. The lowest BCUT2D eigenvalue weighted by atomic mass is 10.0. The van der Waals surface area contributed by atoms with E-state index in [-0.39, 0.29) is 0 Å². The van der Waals surface area contributed by atoms with Gasteiger partial charge in [-0.3, -0.25) is 0 Å². The minimum Gasteiger partial charge on any atom is -0.342 e. The quantitative estimate of drug-likeness (QED) is 0.799. The molecule has 0 aliphatic carbocycles. The van der Waals surface area contributed by atoms with Gasteiger partial charge >= 0.3 is 0 Å². The van der Waals surface area contributed by atoms with Crippen molar-refractivity contribution in [2.75, 3.05) is 6.54 Å². The van der Waals surface area contributed by atoms with Crippen molar-refractivity contribution in [2.24, 2.45) is 5.92 Å². The first-order valence-electron chi connectivity index (χ1n) is 6.76. The van der Waals surface area contributed by atoms with Crippen molar-refractivity contribution >= 4 is 0 Å². The monoisotopic (exact) mass is 263 g/mol. The average molecular weight is 263 g/mol. The summed E-state index contributed by atoms with van der Waals surface area (Å²) in [6.45, 7) is 7.54. The summed E-state index contributed by atoms with van der Waals surface area (Å²) in [6.07, 6.45) is 5.27. The van der Waals surface area contributed by atoms with Gasteiger partial charge < -0.3 is 14.8 Å². The molecule has 2 N–H and O–H groups in total. The van der Waals surface area contributed by atoms with Crippen molar-refractivity contribution in [1.82, 2.24) is 25.4 Å². The Morgan fingerprint density at radius 1 is 1.42 bits per heavy atom. The fourth-order valence-corrected chi connectivity index (χ4v) is 1.88. The van der Waals surface area contributed by atoms with Gasteiger partial charge in [-0.1, -0.05) is 25.9 Å². The second-order valence-corrected chi connectivity index (χ2v) is 4.96. The lowest BCUT2D eigenvalue weighted by Gasteiger charge is -2.20. The average Bonchev–Trinajstić information content (AvgIpc) is 3.04. The van der Waals surface area contributed by atoms with Crippen LogP contribution in [0.5, 0.6) is 0 Å². The first-order chi connectivity index (χ1) is 9.20. The summed E-state index contributed by atoms with van der Waals surface area (Å²) in [5, 5.41) is 7.45. The molecule has 19 heavy (non-hydrogen) atoms. The molecular formula is C13H21N5O. The van der Waals surface area contributed by atoms with Crippen molar-refractivity contribution in [3.63, 3.8) is 0 Å². The molecule has 0 aromatic carbocycles. The maximum Gasteiger partial charge on any atom is 0.238 e. The highest BCUT2D eigenvalue weighted by molar-refractivity contribution is 5.40. The van der Waals surface area contributed by atoms with Gasteiger partial charge in [-0.2, -0.15) is 4.98 Å². The Bertz CT molecular complexity index is 477. The largest absolute Gasteiger partial charge is 0.342 e. The van der Waals surface area contributed by atoms with Gasteiger partial charge in [-0.05, 0) is 18.9 Å². The second-order valence-electron chi connectivity index (χ2n) is 4.96. The summed E-state index contributed by atoms with van der Waals surface area (Å²) in [7, 11) is 0. The van der Waals surface area contributed by atoms with E-state index in [1.54, 1.807) is 12.4 Å². The lowest BCUT2D eigenvalue weighted by molar-refractivity contribution is 0.326. The molecular weight excluding hydrogens is 242 g/mol. The number of aromatic nitrogens is 4. The van der Waals surface area contributed by atoms with Gasteiger partial charge in [0.25, 0.3) is 0 Å². The van der Waals surface area contributed by atoms with Gasteiger partial charge in [-0.15, -0.1) is 0 Å². The van der Waals surface area contributed by atoms with Crippen LogP contribution in [0.15, 0.2) is 16.9 Å². The molecule has 0 aliphatic heterocycles. The van der Waals surface area contributed by atoms with Gasteiger partial charge in [-0.25, -0.2) is 4.98 Å². The first kappa shape index (κ1) is 13.7. The predicted octanol–water partition coefficient (Wildman–Crippen LogP) is 2.03. The SMILES string of the molecule is CCCNC(Cc1nc(-c2ncc[nH]2)no1)C(C)C. The molecule has 0 radical (unpaired) electrons. The van der Waals surface area contributed by atoms with Crippen LogP contribution in [0.3, 0.4) is 0 Å². The Balaban J connectivity index is 2.01. The normalized spacial score (nSPS) is 13.1. The van der Waals surface area contributed by atoms with Crippen LogP contribution in [0.2, 0.25) is 0 Å². The fraction of sp³-hybridized carbons (Fsp3) is 0.615. The molecule has 6 nitrogen and oxygen atoms in total. The van der Waals surface area contributed by atoms with Gasteiger partial charge in [0.2, 0.25) is 11.7 Å². The number of aromatic amines is 1. The third-order valence-electron chi connectivity index (χ3n) is 3.03. The molecule has 0 fully saturated rings. The number of hydrogen-bond acceptors (Lipinski definition) is 5. The van der Waals surface area contributed by atoms with Crippen molar-refractivity contribution < 1.29 is 4.52 Å². The Morgan fingerprint density at radius 3 is 2.89 bits per heavy atom.